The fraction of sp³-hybridized carbons (Fsp3) is 0.300. The molecule has 0 heterocycles. The Hall–Kier alpha value is -1.52. The molecule has 0 amide bonds. The molecule has 0 aliphatic carbocycles. The molecule has 0 spiro atoms. The van der Waals surface area contributed by atoms with Gasteiger partial charge in [0.1, 0.15) is 5.75 Å². The number of aliphatic imine (C=N–C) groups is 1. The van der Waals surface area contributed by atoms with Crippen molar-refractivity contribution in [1.29, 1.82) is 0 Å². The van der Waals surface area contributed by atoms with Gasteiger partial charge in [0.2, 0.25) is 6.08 Å². The Balaban J connectivity index is 3.28. The molecule has 1 rings (SSSR count). The van der Waals surface area contributed by atoms with E-state index in [9.17, 15) is 18.0 Å². The van der Waals surface area contributed by atoms with Gasteiger partial charge in [-0.05, 0) is 12.1 Å². The third-order valence-electron chi connectivity index (χ3n) is 2.05. The van der Waals surface area contributed by atoms with Crippen LogP contribution in [0.4, 0.5) is 13.2 Å². The molecule has 1 aromatic rings. The molecule has 0 saturated heterocycles. The van der Waals surface area contributed by atoms with E-state index in [-0.39, 0.29) is 5.56 Å². The molecular weight excluding hydrogens is 259 g/mol. The van der Waals surface area contributed by atoms with Gasteiger partial charge >= 0.3 is 6.18 Å². The van der Waals surface area contributed by atoms with E-state index in [1.54, 1.807) is 0 Å². The monoisotopic (exact) mass is 265 g/mol. The van der Waals surface area contributed by atoms with Crippen LogP contribution in [0.2, 0.25) is 0 Å². The average Bonchev–Trinajstić information content (AvgIpc) is 2.28. The first-order chi connectivity index (χ1) is 7.85. The van der Waals surface area contributed by atoms with Crippen LogP contribution in [0.15, 0.2) is 29.3 Å². The van der Waals surface area contributed by atoms with Crippen molar-refractivity contribution >= 4 is 17.7 Å². The van der Waals surface area contributed by atoms with E-state index in [1.165, 1.54) is 19.2 Å². The molecule has 0 bridgehead atoms. The Morgan fingerprint density at radius 3 is 2.18 bits per heavy atom. The van der Waals surface area contributed by atoms with Gasteiger partial charge in [0.25, 0.3) is 5.00 Å². The lowest BCUT2D eigenvalue weighted by molar-refractivity contribution is -0.162. The highest BCUT2D eigenvalue weighted by Gasteiger charge is 2.55. The quantitative estimate of drug-likeness (QED) is 0.365. The topological polar surface area (TPSA) is 38.7 Å². The second-order valence-electron chi connectivity index (χ2n) is 3.05. The van der Waals surface area contributed by atoms with Crippen LogP contribution in [0.1, 0.15) is 5.56 Å². The zero-order valence-corrected chi connectivity index (χ0v) is 9.34. The number of benzene rings is 1. The molecule has 0 radical (unpaired) electrons. The first-order valence-electron chi connectivity index (χ1n) is 4.34. The summed E-state index contributed by atoms with van der Waals surface area (Å²) >= 11 is 5.34. The molecular formula is C10H7ClF3NO2. The molecule has 1 atom stereocenters. The van der Waals surface area contributed by atoms with Crippen molar-refractivity contribution < 1.29 is 22.7 Å². The van der Waals surface area contributed by atoms with Crippen LogP contribution in [0.25, 0.3) is 0 Å². The molecule has 0 aromatic heterocycles. The Morgan fingerprint density at radius 2 is 1.82 bits per heavy atom. The Morgan fingerprint density at radius 1 is 1.29 bits per heavy atom. The van der Waals surface area contributed by atoms with Gasteiger partial charge in [0.15, 0.2) is 0 Å². The number of carbonyl (C=O) groups excluding carboxylic acids is 1. The van der Waals surface area contributed by atoms with Gasteiger partial charge < -0.3 is 4.74 Å². The zero-order chi connectivity index (χ0) is 13.1. The third-order valence-corrected chi connectivity index (χ3v) is 2.56. The lowest BCUT2D eigenvalue weighted by Crippen LogP contribution is -2.35. The third kappa shape index (κ3) is 2.60. The number of rotatable bonds is 3. The van der Waals surface area contributed by atoms with Gasteiger partial charge in [0, 0.05) is 5.56 Å². The molecule has 0 saturated carbocycles. The fourth-order valence-corrected chi connectivity index (χ4v) is 1.33. The molecule has 3 nitrogen and oxygen atoms in total. The number of nitrogens with zero attached hydrogens (tertiary/aromatic N) is 1. The maximum atomic E-state index is 12.7. The lowest BCUT2D eigenvalue weighted by Gasteiger charge is -2.24. The molecule has 7 heteroatoms. The molecule has 1 unspecified atom stereocenters. The smallest absolute Gasteiger partial charge is 0.432 e. The number of isocyanates is 1. The number of ether oxygens (including phenoxy) is 1. The van der Waals surface area contributed by atoms with Crippen LogP contribution in [-0.4, -0.2) is 19.4 Å². The molecule has 0 N–H and O–H groups in total. The predicted octanol–water partition coefficient (Wildman–Crippen LogP) is 2.98. The van der Waals surface area contributed by atoms with Crippen molar-refractivity contribution in [3.05, 3.63) is 29.8 Å². The van der Waals surface area contributed by atoms with E-state index >= 15 is 0 Å². The lowest BCUT2D eigenvalue weighted by atomic mass is 10.1. The normalized spacial score (nSPS) is 14.6. The van der Waals surface area contributed by atoms with E-state index in [0.717, 1.165) is 18.2 Å². The Bertz CT molecular complexity index is 440. The van der Waals surface area contributed by atoms with Crippen LogP contribution in [0.5, 0.6) is 5.75 Å². The van der Waals surface area contributed by atoms with E-state index in [2.05, 4.69) is 4.99 Å². The van der Waals surface area contributed by atoms with Crippen LogP contribution in [0, 0.1) is 0 Å². The zero-order valence-electron chi connectivity index (χ0n) is 8.58. The van der Waals surface area contributed by atoms with Crippen LogP contribution in [0.3, 0.4) is 0 Å². The maximum absolute atomic E-state index is 12.7. The van der Waals surface area contributed by atoms with Crippen LogP contribution >= 0.6 is 11.6 Å². The summed E-state index contributed by atoms with van der Waals surface area (Å²) in [6.45, 7) is 0. The highest BCUT2D eigenvalue weighted by molar-refractivity contribution is 6.24. The van der Waals surface area contributed by atoms with Crippen molar-refractivity contribution in [3.63, 3.8) is 0 Å². The number of methoxy groups -OCH3 is 1. The SMILES string of the molecule is COc1ccc(C(Cl)(N=C=O)C(F)(F)F)cc1. The second-order valence-corrected chi connectivity index (χ2v) is 3.60. The highest BCUT2D eigenvalue weighted by Crippen LogP contribution is 2.45. The van der Waals surface area contributed by atoms with Gasteiger partial charge in [0.05, 0.1) is 7.11 Å². The van der Waals surface area contributed by atoms with Gasteiger partial charge in [-0.25, -0.2) is 4.79 Å². The van der Waals surface area contributed by atoms with Crippen molar-refractivity contribution in [2.75, 3.05) is 7.11 Å². The minimum absolute atomic E-state index is 0.366. The summed E-state index contributed by atoms with van der Waals surface area (Å²) in [6, 6.07) is 4.75. The maximum Gasteiger partial charge on any atom is 0.432 e. The van der Waals surface area contributed by atoms with E-state index in [1.807, 2.05) is 0 Å². The summed E-state index contributed by atoms with van der Waals surface area (Å²) in [5, 5.41) is 0. The fourth-order valence-electron chi connectivity index (χ4n) is 1.17. The predicted molar refractivity (Wildman–Crippen MR) is 54.7 cm³/mol. The minimum atomic E-state index is -4.90. The van der Waals surface area contributed by atoms with Gasteiger partial charge in [-0.15, -0.1) is 0 Å². The average molecular weight is 266 g/mol. The van der Waals surface area contributed by atoms with Crippen molar-refractivity contribution in [3.8, 4) is 5.75 Å². The summed E-state index contributed by atoms with van der Waals surface area (Å²) < 4.78 is 43.0. The molecule has 0 aliphatic rings. The van der Waals surface area contributed by atoms with Crippen molar-refractivity contribution in [2.45, 2.75) is 11.2 Å². The first-order valence-corrected chi connectivity index (χ1v) is 4.72. The standard InChI is InChI=1S/C10H7ClF3NO2/c1-17-8-4-2-7(3-5-8)9(11,15-6-16)10(12,13)14/h2-5H,1H3. The van der Waals surface area contributed by atoms with Gasteiger partial charge in [-0.2, -0.15) is 18.2 Å². The van der Waals surface area contributed by atoms with Crippen molar-refractivity contribution in [2.24, 2.45) is 4.99 Å². The first kappa shape index (κ1) is 13.5. The molecule has 0 fully saturated rings. The van der Waals surface area contributed by atoms with E-state index in [4.69, 9.17) is 16.3 Å². The van der Waals surface area contributed by atoms with Crippen molar-refractivity contribution in [1.82, 2.24) is 0 Å². The highest BCUT2D eigenvalue weighted by atomic mass is 35.5. The number of hydrogen-bond acceptors (Lipinski definition) is 3. The van der Waals surface area contributed by atoms with E-state index < -0.39 is 11.2 Å². The molecule has 0 aliphatic heterocycles. The summed E-state index contributed by atoms with van der Waals surface area (Å²) in [7, 11) is 1.37. The number of hydrogen-bond donors (Lipinski definition) is 0. The number of alkyl halides is 4. The summed E-state index contributed by atoms with van der Waals surface area (Å²) in [5.74, 6) is 0.366. The molecule has 17 heavy (non-hydrogen) atoms. The Labute approximate surface area is 99.9 Å². The van der Waals surface area contributed by atoms with Crippen LogP contribution in [-0.2, 0) is 9.79 Å². The Kier molecular flexibility index (Phi) is 3.80. The molecule has 1 aromatic carbocycles. The number of halogens is 4. The van der Waals surface area contributed by atoms with E-state index in [0.29, 0.717) is 5.75 Å². The van der Waals surface area contributed by atoms with Gasteiger partial charge in [-0.3, -0.25) is 0 Å². The van der Waals surface area contributed by atoms with Crippen LogP contribution < -0.4 is 4.74 Å². The largest absolute Gasteiger partial charge is 0.497 e. The summed E-state index contributed by atoms with van der Waals surface area (Å²) in [4.78, 5) is 9.60. The summed E-state index contributed by atoms with van der Waals surface area (Å²) in [5.41, 5.74) is -0.379. The second kappa shape index (κ2) is 4.77. The molecule has 92 valence electrons. The van der Waals surface area contributed by atoms with Gasteiger partial charge in [-0.1, -0.05) is 23.7 Å². The minimum Gasteiger partial charge on any atom is -0.497 e. The summed E-state index contributed by atoms with van der Waals surface area (Å²) in [6.07, 6.45) is -4.07.